The fraction of sp³-hybridized carbons (Fsp3) is 0.312. The number of benzene rings is 1. The molecule has 0 radical (unpaired) electrons. The Hall–Kier alpha value is -2.29. The highest BCUT2D eigenvalue weighted by Gasteiger charge is 2.14. The van der Waals surface area contributed by atoms with Crippen LogP contribution in [0.15, 0.2) is 34.2 Å². The second-order valence-electron chi connectivity index (χ2n) is 5.18. The molecule has 2 N–H and O–H groups in total. The molecule has 0 saturated carbocycles. The first-order valence-corrected chi connectivity index (χ1v) is 8.29. The quantitative estimate of drug-likeness (QED) is 0.580. The molecule has 1 amide bonds. The summed E-state index contributed by atoms with van der Waals surface area (Å²) in [7, 11) is 0. The van der Waals surface area contributed by atoms with Gasteiger partial charge in [-0.05, 0) is 31.2 Å². The lowest BCUT2D eigenvalue weighted by Gasteiger charge is -2.08. The molecule has 1 aromatic carbocycles. The number of aromatic nitrogens is 2. The third-order valence-electron chi connectivity index (χ3n) is 3.44. The Balaban J connectivity index is 1.93. The molecule has 0 aliphatic carbocycles. The molecular weight excluding hydrogens is 355 g/mol. The number of nitrogens with zero attached hydrogens (tertiary/aromatic N) is 1. The summed E-state index contributed by atoms with van der Waals surface area (Å²) in [5, 5.41) is 2.41. The zero-order valence-electron chi connectivity index (χ0n) is 13.3. The number of amides is 1. The maximum absolute atomic E-state index is 13.5. The van der Waals surface area contributed by atoms with Gasteiger partial charge in [0.15, 0.2) is 5.16 Å². The zero-order valence-corrected chi connectivity index (χ0v) is 14.1. The van der Waals surface area contributed by atoms with Crippen molar-refractivity contribution in [2.75, 3.05) is 0 Å². The standard InChI is InChI=1S/C16H16F3N3O2S/c1-9-11(14(24)22-16(21-9)25-15(18)19)6-7-13(23)20-8-10-4-2-3-5-12(10)17/h2-5,15H,6-8H2,1H3,(H,20,23)(H,21,22,24). The summed E-state index contributed by atoms with van der Waals surface area (Å²) in [4.78, 5) is 30.0. The molecular formula is C16H16F3N3O2S. The lowest BCUT2D eigenvalue weighted by Crippen LogP contribution is -2.25. The van der Waals surface area contributed by atoms with Crippen molar-refractivity contribution in [1.82, 2.24) is 15.3 Å². The molecule has 0 aliphatic heterocycles. The minimum Gasteiger partial charge on any atom is -0.352 e. The SMILES string of the molecule is Cc1nc(SC(F)F)[nH]c(=O)c1CCC(=O)NCc1ccccc1F. The van der Waals surface area contributed by atoms with Gasteiger partial charge in [-0.1, -0.05) is 18.2 Å². The zero-order chi connectivity index (χ0) is 18.4. The molecule has 25 heavy (non-hydrogen) atoms. The van der Waals surface area contributed by atoms with Crippen LogP contribution in [0.3, 0.4) is 0 Å². The number of hydrogen-bond donors (Lipinski definition) is 2. The molecule has 0 spiro atoms. The molecule has 0 fully saturated rings. The van der Waals surface area contributed by atoms with E-state index in [0.717, 1.165) is 0 Å². The van der Waals surface area contributed by atoms with E-state index >= 15 is 0 Å². The van der Waals surface area contributed by atoms with E-state index < -0.39 is 17.1 Å². The number of nitrogens with one attached hydrogen (secondary N) is 2. The fourth-order valence-electron chi connectivity index (χ4n) is 2.18. The first-order valence-electron chi connectivity index (χ1n) is 7.41. The third kappa shape index (κ3) is 5.63. The number of aryl methyl sites for hydroxylation is 1. The molecule has 9 heteroatoms. The normalized spacial score (nSPS) is 10.9. The molecule has 0 aliphatic rings. The van der Waals surface area contributed by atoms with E-state index in [1.54, 1.807) is 18.2 Å². The number of thioether (sulfide) groups is 1. The van der Waals surface area contributed by atoms with Crippen LogP contribution in [-0.4, -0.2) is 21.6 Å². The summed E-state index contributed by atoms with van der Waals surface area (Å²) < 4.78 is 38.1. The smallest absolute Gasteiger partial charge is 0.291 e. The maximum atomic E-state index is 13.5. The second-order valence-corrected chi connectivity index (χ2v) is 6.16. The van der Waals surface area contributed by atoms with Gasteiger partial charge >= 0.3 is 0 Å². The Morgan fingerprint density at radius 3 is 2.72 bits per heavy atom. The largest absolute Gasteiger partial charge is 0.352 e. The molecule has 1 heterocycles. The first-order chi connectivity index (χ1) is 11.9. The summed E-state index contributed by atoms with van der Waals surface area (Å²) in [5.74, 6) is -3.45. The van der Waals surface area contributed by atoms with Crippen molar-refractivity contribution in [3.8, 4) is 0 Å². The fourth-order valence-corrected chi connectivity index (χ4v) is 2.69. The van der Waals surface area contributed by atoms with Crippen LogP contribution in [0.1, 0.15) is 23.2 Å². The molecule has 0 saturated heterocycles. The summed E-state index contributed by atoms with van der Waals surface area (Å²) in [6, 6.07) is 6.08. The molecule has 2 aromatic rings. The van der Waals surface area contributed by atoms with Crippen LogP contribution in [0.4, 0.5) is 13.2 Å². The Bertz CT molecular complexity index is 811. The van der Waals surface area contributed by atoms with Gasteiger partial charge in [-0.2, -0.15) is 8.78 Å². The number of carbonyl (C=O) groups is 1. The lowest BCUT2D eigenvalue weighted by atomic mass is 10.1. The van der Waals surface area contributed by atoms with Crippen LogP contribution >= 0.6 is 11.8 Å². The Kier molecular flexibility index (Phi) is 6.63. The number of rotatable bonds is 7. The van der Waals surface area contributed by atoms with Crippen molar-refractivity contribution in [2.45, 2.75) is 37.2 Å². The Labute approximate surface area is 146 Å². The number of halogens is 3. The summed E-state index contributed by atoms with van der Waals surface area (Å²) in [6.45, 7) is 1.57. The second kappa shape index (κ2) is 8.70. The van der Waals surface area contributed by atoms with Crippen LogP contribution in [0.25, 0.3) is 0 Å². The van der Waals surface area contributed by atoms with Gasteiger partial charge in [0, 0.05) is 29.8 Å². The van der Waals surface area contributed by atoms with Crippen LogP contribution in [0.2, 0.25) is 0 Å². The molecule has 0 atom stereocenters. The highest BCUT2D eigenvalue weighted by molar-refractivity contribution is 7.99. The Morgan fingerprint density at radius 2 is 2.08 bits per heavy atom. The van der Waals surface area contributed by atoms with Crippen molar-refractivity contribution in [3.05, 3.63) is 57.3 Å². The Morgan fingerprint density at radius 1 is 1.36 bits per heavy atom. The van der Waals surface area contributed by atoms with Gasteiger partial charge in [-0.3, -0.25) is 9.59 Å². The van der Waals surface area contributed by atoms with E-state index in [2.05, 4.69) is 15.3 Å². The maximum Gasteiger partial charge on any atom is 0.291 e. The van der Waals surface area contributed by atoms with E-state index in [4.69, 9.17) is 0 Å². The summed E-state index contributed by atoms with van der Waals surface area (Å²) in [6.07, 6.45) is 0.109. The molecule has 1 aromatic heterocycles. The number of aromatic amines is 1. The molecule has 2 rings (SSSR count). The molecule has 134 valence electrons. The van der Waals surface area contributed by atoms with E-state index in [0.29, 0.717) is 11.3 Å². The van der Waals surface area contributed by atoms with Gasteiger partial charge in [-0.15, -0.1) is 0 Å². The highest BCUT2D eigenvalue weighted by atomic mass is 32.2. The van der Waals surface area contributed by atoms with Gasteiger partial charge in [0.2, 0.25) is 5.91 Å². The van der Waals surface area contributed by atoms with Crippen LogP contribution in [0, 0.1) is 12.7 Å². The van der Waals surface area contributed by atoms with Crippen molar-refractivity contribution in [1.29, 1.82) is 0 Å². The summed E-state index contributed by atoms with van der Waals surface area (Å²) in [5.41, 5.74) is 0.380. The van der Waals surface area contributed by atoms with E-state index in [1.807, 2.05) is 0 Å². The van der Waals surface area contributed by atoms with Crippen LogP contribution < -0.4 is 10.9 Å². The average molecular weight is 371 g/mol. The van der Waals surface area contributed by atoms with E-state index in [-0.39, 0.29) is 47.8 Å². The topological polar surface area (TPSA) is 74.8 Å². The van der Waals surface area contributed by atoms with E-state index in [9.17, 15) is 22.8 Å². The van der Waals surface area contributed by atoms with E-state index in [1.165, 1.54) is 13.0 Å². The minimum absolute atomic E-state index is 0.00138. The predicted octanol–water partition coefficient (Wildman–Crippen LogP) is 2.78. The van der Waals surface area contributed by atoms with Crippen molar-refractivity contribution >= 4 is 17.7 Å². The number of alkyl halides is 2. The van der Waals surface area contributed by atoms with Crippen LogP contribution in [0.5, 0.6) is 0 Å². The average Bonchev–Trinajstić information content (AvgIpc) is 2.52. The predicted molar refractivity (Wildman–Crippen MR) is 88.0 cm³/mol. The van der Waals surface area contributed by atoms with Gasteiger partial charge < -0.3 is 10.3 Å². The third-order valence-corrected chi connectivity index (χ3v) is 4.03. The first kappa shape index (κ1) is 19.0. The van der Waals surface area contributed by atoms with Gasteiger partial charge in [0.25, 0.3) is 11.3 Å². The molecule has 0 unspecified atom stereocenters. The van der Waals surface area contributed by atoms with Crippen molar-refractivity contribution in [3.63, 3.8) is 0 Å². The summed E-state index contributed by atoms with van der Waals surface area (Å²) >= 11 is 0.152. The van der Waals surface area contributed by atoms with Gasteiger partial charge in [-0.25, -0.2) is 9.37 Å². The highest BCUT2D eigenvalue weighted by Crippen LogP contribution is 2.21. The monoisotopic (exact) mass is 371 g/mol. The molecule has 0 bridgehead atoms. The number of H-pyrrole nitrogens is 1. The van der Waals surface area contributed by atoms with Crippen LogP contribution in [-0.2, 0) is 17.8 Å². The van der Waals surface area contributed by atoms with Crippen molar-refractivity contribution < 1.29 is 18.0 Å². The number of carbonyl (C=O) groups excluding carboxylic acids is 1. The molecule has 5 nitrogen and oxygen atoms in total. The van der Waals surface area contributed by atoms with Gasteiger partial charge in [0.05, 0.1) is 0 Å². The lowest BCUT2D eigenvalue weighted by molar-refractivity contribution is -0.121. The van der Waals surface area contributed by atoms with Crippen molar-refractivity contribution in [2.24, 2.45) is 0 Å². The minimum atomic E-state index is -2.68. The van der Waals surface area contributed by atoms with Gasteiger partial charge in [0.1, 0.15) is 5.82 Å². The number of hydrogen-bond acceptors (Lipinski definition) is 4.